The van der Waals surface area contributed by atoms with E-state index in [9.17, 15) is 5.11 Å². The van der Waals surface area contributed by atoms with Crippen molar-refractivity contribution in [2.24, 2.45) is 5.92 Å². The van der Waals surface area contributed by atoms with E-state index in [1.165, 1.54) is 5.56 Å². The first kappa shape index (κ1) is 19.0. The summed E-state index contributed by atoms with van der Waals surface area (Å²) in [6, 6.07) is 5.23. The second-order valence-electron chi connectivity index (χ2n) is 8.18. The van der Waals surface area contributed by atoms with E-state index in [4.69, 9.17) is 14.2 Å². The van der Waals surface area contributed by atoms with Gasteiger partial charge in [-0.3, -0.25) is 4.90 Å². The molecule has 1 aromatic carbocycles. The van der Waals surface area contributed by atoms with Crippen LogP contribution in [0.2, 0.25) is 0 Å². The van der Waals surface area contributed by atoms with Crippen LogP contribution in [0.4, 0.5) is 0 Å². The van der Waals surface area contributed by atoms with Crippen LogP contribution in [0.15, 0.2) is 12.1 Å². The summed E-state index contributed by atoms with van der Waals surface area (Å²) in [6.45, 7) is 7.47. The highest BCUT2D eigenvalue weighted by molar-refractivity contribution is 5.58. The van der Waals surface area contributed by atoms with Gasteiger partial charge in [-0.2, -0.15) is 0 Å². The zero-order chi connectivity index (χ0) is 19.4. The Bertz CT molecular complexity index is 715. The van der Waals surface area contributed by atoms with Crippen LogP contribution in [0, 0.1) is 5.92 Å². The van der Waals surface area contributed by atoms with Gasteiger partial charge >= 0.3 is 0 Å². The van der Waals surface area contributed by atoms with Crippen molar-refractivity contribution >= 4 is 0 Å². The number of piperidine rings is 1. The molecule has 150 valence electrons. The van der Waals surface area contributed by atoms with Crippen molar-refractivity contribution in [3.05, 3.63) is 23.3 Å². The fourth-order valence-corrected chi connectivity index (χ4v) is 6.22. The third kappa shape index (κ3) is 2.41. The van der Waals surface area contributed by atoms with E-state index in [0.717, 1.165) is 31.2 Å². The van der Waals surface area contributed by atoms with Gasteiger partial charge < -0.3 is 19.3 Å². The predicted octanol–water partition coefficient (Wildman–Crippen LogP) is 3.47. The fourth-order valence-electron chi connectivity index (χ4n) is 6.22. The third-order valence-electron chi connectivity index (χ3n) is 7.40. The molecule has 27 heavy (non-hydrogen) atoms. The first-order chi connectivity index (χ1) is 13.1. The molecule has 0 bridgehead atoms. The Labute approximate surface area is 162 Å². The average Bonchev–Trinajstić information content (AvgIpc) is 3.14. The monoisotopic (exact) mass is 375 g/mol. The van der Waals surface area contributed by atoms with E-state index in [1.54, 1.807) is 7.11 Å². The lowest BCUT2D eigenvalue weighted by Crippen LogP contribution is -2.80. The Morgan fingerprint density at radius 3 is 2.56 bits per heavy atom. The largest absolute Gasteiger partial charge is 0.504 e. The highest BCUT2D eigenvalue weighted by Gasteiger charge is 2.71. The molecule has 1 N–H and O–H groups in total. The second-order valence-corrected chi connectivity index (χ2v) is 8.18. The molecule has 3 fully saturated rings. The Morgan fingerprint density at radius 2 is 1.93 bits per heavy atom. The maximum Gasteiger partial charge on any atom is 0.169 e. The lowest BCUT2D eigenvalue weighted by atomic mass is 9.41. The molecule has 4 unspecified atom stereocenters. The minimum atomic E-state index is -0.506. The summed E-state index contributed by atoms with van der Waals surface area (Å²) in [5.41, 5.74) is 2.30. The number of ether oxygens (including phenoxy) is 3. The van der Waals surface area contributed by atoms with Crippen LogP contribution in [-0.4, -0.2) is 55.2 Å². The van der Waals surface area contributed by atoms with E-state index in [2.05, 4.69) is 24.9 Å². The van der Waals surface area contributed by atoms with Crippen LogP contribution >= 0.6 is 0 Å². The molecule has 0 radical (unpaired) electrons. The Kier molecular flexibility index (Phi) is 4.68. The van der Waals surface area contributed by atoms with Crippen LogP contribution < -0.4 is 4.74 Å². The van der Waals surface area contributed by atoms with E-state index in [1.807, 2.05) is 19.9 Å². The van der Waals surface area contributed by atoms with Crippen LogP contribution in [0.5, 0.6) is 11.5 Å². The van der Waals surface area contributed by atoms with Gasteiger partial charge in [0.05, 0.1) is 20.3 Å². The molecule has 0 spiro atoms. The first-order valence-corrected chi connectivity index (χ1v) is 10.4. The summed E-state index contributed by atoms with van der Waals surface area (Å²) in [6.07, 6.45) is 3.74. The number of phenolic OH excluding ortho intramolecular Hbond substituents is 1. The van der Waals surface area contributed by atoms with Crippen molar-refractivity contribution in [2.45, 2.75) is 69.7 Å². The van der Waals surface area contributed by atoms with Gasteiger partial charge in [-0.25, -0.2) is 0 Å². The van der Waals surface area contributed by atoms with Crippen molar-refractivity contribution < 1.29 is 19.3 Å². The summed E-state index contributed by atoms with van der Waals surface area (Å²) in [5.74, 6) is 0.981. The van der Waals surface area contributed by atoms with Crippen molar-refractivity contribution in [1.82, 2.24) is 4.90 Å². The van der Waals surface area contributed by atoms with Crippen molar-refractivity contribution in [1.29, 1.82) is 0 Å². The number of methoxy groups -OCH3 is 1. The molecule has 2 saturated heterocycles. The van der Waals surface area contributed by atoms with Crippen LogP contribution in [0.3, 0.4) is 0 Å². The summed E-state index contributed by atoms with van der Waals surface area (Å²) in [5, 5.41) is 11.0. The normalized spacial score (nSPS) is 35.1. The molecule has 5 heteroatoms. The van der Waals surface area contributed by atoms with E-state index >= 15 is 0 Å². The van der Waals surface area contributed by atoms with Gasteiger partial charge in [0.1, 0.15) is 0 Å². The van der Waals surface area contributed by atoms with Gasteiger partial charge in [0.25, 0.3) is 0 Å². The van der Waals surface area contributed by atoms with Crippen molar-refractivity contribution in [3.8, 4) is 11.5 Å². The van der Waals surface area contributed by atoms with E-state index in [0.29, 0.717) is 42.7 Å². The molecule has 5 rings (SSSR count). The van der Waals surface area contributed by atoms with E-state index in [-0.39, 0.29) is 5.41 Å². The van der Waals surface area contributed by atoms with Crippen molar-refractivity contribution in [3.63, 3.8) is 0 Å². The molecule has 0 amide bonds. The Balaban J connectivity index is 0.000000872. The SMILES string of the molecule is CC.CCC1(CC23CC4C2C(Cc2ccc(OC)c(O)c23)N4C)OCCO1. The summed E-state index contributed by atoms with van der Waals surface area (Å²) >= 11 is 0. The second kappa shape index (κ2) is 6.64. The number of nitrogens with zero attached hydrogens (tertiary/aromatic N) is 1. The lowest BCUT2D eigenvalue weighted by Gasteiger charge is -2.74. The average molecular weight is 376 g/mol. The lowest BCUT2D eigenvalue weighted by molar-refractivity contribution is -0.234. The maximum atomic E-state index is 11.0. The minimum absolute atomic E-state index is 0.0611. The topological polar surface area (TPSA) is 51.2 Å². The molecule has 1 saturated carbocycles. The van der Waals surface area contributed by atoms with Gasteiger partial charge in [0, 0.05) is 35.4 Å². The highest BCUT2D eigenvalue weighted by atomic mass is 16.7. The molecule has 5 nitrogen and oxygen atoms in total. The number of fused-ring (bicyclic) bond motifs is 2. The zero-order valence-electron chi connectivity index (χ0n) is 17.2. The third-order valence-corrected chi connectivity index (χ3v) is 7.40. The molecular weight excluding hydrogens is 342 g/mol. The number of phenols is 1. The fraction of sp³-hybridized carbons (Fsp3) is 0.727. The number of likely N-dealkylation sites (tertiary alicyclic amines) is 1. The number of hydrogen-bond acceptors (Lipinski definition) is 5. The number of rotatable bonds is 4. The first-order valence-electron chi connectivity index (χ1n) is 10.4. The smallest absolute Gasteiger partial charge is 0.169 e. The minimum Gasteiger partial charge on any atom is -0.504 e. The molecule has 4 aliphatic rings. The van der Waals surface area contributed by atoms with Gasteiger partial charge in [-0.05, 0) is 37.9 Å². The maximum absolute atomic E-state index is 11.0. The van der Waals surface area contributed by atoms with Crippen LogP contribution in [0.1, 0.15) is 51.2 Å². The quantitative estimate of drug-likeness (QED) is 0.873. The predicted molar refractivity (Wildman–Crippen MR) is 104 cm³/mol. The summed E-state index contributed by atoms with van der Waals surface area (Å²) in [7, 11) is 3.86. The molecule has 0 aromatic heterocycles. The number of hydrogen-bond donors (Lipinski definition) is 1. The van der Waals surface area contributed by atoms with Gasteiger partial charge in [-0.15, -0.1) is 0 Å². The number of benzene rings is 1. The molecule has 1 aromatic rings. The Hall–Kier alpha value is -1.30. The summed E-state index contributed by atoms with van der Waals surface area (Å²) < 4.78 is 17.6. The van der Waals surface area contributed by atoms with Crippen molar-refractivity contribution in [2.75, 3.05) is 27.4 Å². The Morgan fingerprint density at radius 1 is 1.22 bits per heavy atom. The highest BCUT2D eigenvalue weighted by Crippen LogP contribution is 2.68. The molecule has 4 atom stereocenters. The molecule has 2 aliphatic carbocycles. The standard InChI is InChI=1S/C20H27NO4.C2H6/c1-4-20(24-7-8-25-20)11-19-10-14-17(19)13(21(14)2)9-12-5-6-15(23-3)18(22)16(12)19;1-2/h5-6,13-14,17,22H,4,7-11H2,1-3H3;1-2H3. The summed E-state index contributed by atoms with van der Waals surface area (Å²) in [4.78, 5) is 2.52. The molecule has 2 aliphatic heterocycles. The number of aromatic hydroxyl groups is 1. The van der Waals surface area contributed by atoms with Gasteiger partial charge in [-0.1, -0.05) is 26.8 Å². The van der Waals surface area contributed by atoms with Crippen LogP contribution in [0.25, 0.3) is 0 Å². The number of likely N-dealkylation sites (N-methyl/N-ethyl adjacent to an activating group) is 1. The molecular formula is C22H33NO4. The molecule has 2 heterocycles. The van der Waals surface area contributed by atoms with Gasteiger partial charge in [0.2, 0.25) is 0 Å². The zero-order valence-corrected chi connectivity index (χ0v) is 17.2. The van der Waals surface area contributed by atoms with E-state index < -0.39 is 5.79 Å². The van der Waals surface area contributed by atoms with Crippen LogP contribution in [-0.2, 0) is 21.3 Å². The van der Waals surface area contributed by atoms with Gasteiger partial charge in [0.15, 0.2) is 17.3 Å².